The zero-order valence-corrected chi connectivity index (χ0v) is 8.62. The zero-order valence-electron chi connectivity index (χ0n) is 8.62. The Labute approximate surface area is 85.0 Å². The molecule has 0 aromatic carbocycles. The lowest BCUT2D eigenvalue weighted by atomic mass is 9.77. The monoisotopic (exact) mass is 185 g/mol. The van der Waals surface area contributed by atoms with Gasteiger partial charge in [-0.25, -0.2) is 0 Å². The average Bonchev–Trinajstić information content (AvgIpc) is 2.32. The van der Waals surface area contributed by atoms with Gasteiger partial charge in [0, 0.05) is 11.1 Å². The predicted molar refractivity (Wildman–Crippen MR) is 60.5 cm³/mol. The zero-order chi connectivity index (χ0) is 10.2. The van der Waals surface area contributed by atoms with E-state index in [4.69, 9.17) is 5.73 Å². The van der Waals surface area contributed by atoms with Crippen LogP contribution in [0.2, 0.25) is 0 Å². The van der Waals surface area contributed by atoms with Gasteiger partial charge in [-0.05, 0) is 17.2 Å². The summed E-state index contributed by atoms with van der Waals surface area (Å²) in [5.74, 6) is 0. The summed E-state index contributed by atoms with van der Waals surface area (Å²) >= 11 is 0. The van der Waals surface area contributed by atoms with E-state index in [1.165, 1.54) is 11.1 Å². The quantitative estimate of drug-likeness (QED) is 0.617. The Bertz CT molecular complexity index is 401. The highest BCUT2D eigenvalue weighted by Gasteiger charge is 2.29. The van der Waals surface area contributed by atoms with Crippen LogP contribution < -0.4 is 5.73 Å². The van der Waals surface area contributed by atoms with Gasteiger partial charge in [0.05, 0.1) is 0 Å². The molecular weight excluding hydrogens is 170 g/mol. The summed E-state index contributed by atoms with van der Waals surface area (Å²) in [6.07, 6.45) is 14.5. The summed E-state index contributed by atoms with van der Waals surface area (Å²) in [4.78, 5) is 0. The Morgan fingerprint density at radius 1 is 1.00 bits per heavy atom. The van der Waals surface area contributed by atoms with Gasteiger partial charge in [-0.2, -0.15) is 0 Å². The molecule has 2 rings (SSSR count). The van der Waals surface area contributed by atoms with E-state index in [0.717, 1.165) is 5.70 Å². The second-order valence-electron chi connectivity index (χ2n) is 4.19. The topological polar surface area (TPSA) is 26.0 Å². The summed E-state index contributed by atoms with van der Waals surface area (Å²) in [6.45, 7) is 4.40. The third-order valence-electron chi connectivity index (χ3n) is 2.91. The van der Waals surface area contributed by atoms with Crippen LogP contribution in [-0.2, 0) is 0 Å². The van der Waals surface area contributed by atoms with Crippen molar-refractivity contribution in [3.05, 3.63) is 59.4 Å². The average molecular weight is 185 g/mol. The summed E-state index contributed by atoms with van der Waals surface area (Å²) in [7, 11) is 0. The molecule has 1 heteroatoms. The minimum Gasteiger partial charge on any atom is -0.398 e. The summed E-state index contributed by atoms with van der Waals surface area (Å²) in [5.41, 5.74) is 9.38. The highest BCUT2D eigenvalue weighted by Crippen LogP contribution is 2.40. The molecular formula is C13H15N. The van der Waals surface area contributed by atoms with Crippen molar-refractivity contribution >= 4 is 0 Å². The highest BCUT2D eigenvalue weighted by molar-refractivity contribution is 5.52. The van der Waals surface area contributed by atoms with Gasteiger partial charge in [-0.1, -0.05) is 50.3 Å². The molecule has 0 saturated heterocycles. The van der Waals surface area contributed by atoms with Crippen molar-refractivity contribution in [1.29, 1.82) is 0 Å². The second-order valence-corrected chi connectivity index (χ2v) is 4.19. The van der Waals surface area contributed by atoms with Crippen molar-refractivity contribution in [1.82, 2.24) is 0 Å². The van der Waals surface area contributed by atoms with E-state index in [0.29, 0.717) is 0 Å². The normalized spacial score (nSPS) is 23.1. The van der Waals surface area contributed by atoms with Crippen molar-refractivity contribution in [2.75, 3.05) is 0 Å². The van der Waals surface area contributed by atoms with E-state index in [2.05, 4.69) is 38.2 Å². The van der Waals surface area contributed by atoms with Gasteiger partial charge in [0.2, 0.25) is 0 Å². The lowest BCUT2D eigenvalue weighted by Crippen LogP contribution is -2.20. The van der Waals surface area contributed by atoms with Crippen LogP contribution in [-0.4, -0.2) is 0 Å². The van der Waals surface area contributed by atoms with Gasteiger partial charge < -0.3 is 5.73 Å². The highest BCUT2D eigenvalue weighted by atomic mass is 14.6. The Kier molecular flexibility index (Phi) is 1.95. The summed E-state index contributed by atoms with van der Waals surface area (Å²) in [6, 6.07) is 0. The molecule has 14 heavy (non-hydrogen) atoms. The SMILES string of the molecule is CC1(C)C2=CC=CC=C1C(N)=CC=C2. The minimum absolute atomic E-state index is 0.0110. The van der Waals surface area contributed by atoms with E-state index in [1.807, 2.05) is 18.2 Å². The Hall–Kier alpha value is -1.50. The molecule has 2 aliphatic rings. The van der Waals surface area contributed by atoms with Crippen LogP contribution in [0.3, 0.4) is 0 Å². The Morgan fingerprint density at radius 2 is 1.71 bits per heavy atom. The fourth-order valence-corrected chi connectivity index (χ4v) is 1.95. The van der Waals surface area contributed by atoms with E-state index < -0.39 is 0 Å². The van der Waals surface area contributed by atoms with Crippen molar-refractivity contribution in [2.45, 2.75) is 13.8 Å². The lowest BCUT2D eigenvalue weighted by molar-refractivity contribution is 0.560. The number of rotatable bonds is 0. The van der Waals surface area contributed by atoms with E-state index >= 15 is 0 Å². The number of nitrogens with two attached hydrogens (primary N) is 1. The van der Waals surface area contributed by atoms with Gasteiger partial charge in [0.25, 0.3) is 0 Å². The number of fused-ring (bicyclic) bond motifs is 2. The maximum atomic E-state index is 6.01. The van der Waals surface area contributed by atoms with Crippen LogP contribution in [0.4, 0.5) is 0 Å². The van der Waals surface area contributed by atoms with E-state index in [1.54, 1.807) is 0 Å². The third kappa shape index (κ3) is 1.25. The largest absolute Gasteiger partial charge is 0.398 e. The minimum atomic E-state index is 0.0110. The van der Waals surface area contributed by atoms with Crippen LogP contribution in [0.25, 0.3) is 0 Å². The molecule has 0 heterocycles. The number of hydrogen-bond acceptors (Lipinski definition) is 1. The third-order valence-corrected chi connectivity index (χ3v) is 2.91. The Morgan fingerprint density at radius 3 is 2.50 bits per heavy atom. The molecule has 0 amide bonds. The van der Waals surface area contributed by atoms with Crippen molar-refractivity contribution in [3.63, 3.8) is 0 Å². The molecule has 2 aliphatic carbocycles. The van der Waals surface area contributed by atoms with E-state index in [9.17, 15) is 0 Å². The summed E-state index contributed by atoms with van der Waals surface area (Å²) < 4.78 is 0. The van der Waals surface area contributed by atoms with Crippen molar-refractivity contribution in [3.8, 4) is 0 Å². The number of hydrogen-bond donors (Lipinski definition) is 1. The van der Waals surface area contributed by atoms with Crippen LogP contribution >= 0.6 is 0 Å². The van der Waals surface area contributed by atoms with Crippen LogP contribution in [0.1, 0.15) is 13.8 Å². The molecule has 0 spiro atoms. The molecule has 72 valence electrons. The lowest BCUT2D eigenvalue weighted by Gasteiger charge is -2.28. The molecule has 0 radical (unpaired) electrons. The smallest absolute Gasteiger partial charge is 0.0355 e. The molecule has 2 bridgehead atoms. The molecule has 1 nitrogen and oxygen atoms in total. The molecule has 0 aliphatic heterocycles. The van der Waals surface area contributed by atoms with Gasteiger partial charge in [-0.15, -0.1) is 0 Å². The first kappa shape index (κ1) is 9.07. The first-order valence-corrected chi connectivity index (χ1v) is 4.86. The standard InChI is InChI=1S/C13H15N/c1-13(2)10-6-3-4-8-11(13)12(14)9-5-7-10/h3-9H,14H2,1-2H3. The molecule has 0 fully saturated rings. The maximum Gasteiger partial charge on any atom is 0.0355 e. The van der Waals surface area contributed by atoms with Gasteiger partial charge >= 0.3 is 0 Å². The maximum absolute atomic E-state index is 6.01. The van der Waals surface area contributed by atoms with Gasteiger partial charge in [0.1, 0.15) is 0 Å². The van der Waals surface area contributed by atoms with Crippen LogP contribution in [0.5, 0.6) is 0 Å². The first-order chi connectivity index (χ1) is 6.62. The second kappa shape index (κ2) is 3.02. The van der Waals surface area contributed by atoms with Gasteiger partial charge in [0.15, 0.2) is 0 Å². The molecule has 0 aromatic rings. The predicted octanol–water partition coefficient (Wildman–Crippen LogP) is 2.85. The van der Waals surface area contributed by atoms with Crippen LogP contribution in [0.15, 0.2) is 59.4 Å². The van der Waals surface area contributed by atoms with Gasteiger partial charge in [-0.3, -0.25) is 0 Å². The van der Waals surface area contributed by atoms with Crippen molar-refractivity contribution < 1.29 is 0 Å². The first-order valence-electron chi connectivity index (χ1n) is 4.86. The molecule has 0 aromatic heterocycles. The van der Waals surface area contributed by atoms with E-state index in [-0.39, 0.29) is 5.41 Å². The fraction of sp³-hybridized carbons (Fsp3) is 0.231. The van der Waals surface area contributed by atoms with Crippen molar-refractivity contribution in [2.24, 2.45) is 11.1 Å². The van der Waals surface area contributed by atoms with Crippen LogP contribution in [0, 0.1) is 5.41 Å². The fourth-order valence-electron chi connectivity index (χ4n) is 1.95. The molecule has 0 unspecified atom stereocenters. The molecule has 2 N–H and O–H groups in total. The summed E-state index contributed by atoms with van der Waals surface area (Å²) in [5, 5.41) is 0. The Balaban J connectivity index is 2.67. The molecule has 0 atom stereocenters. The molecule has 0 saturated carbocycles. The number of allylic oxidation sites excluding steroid dienone is 9.